The number of hydrogen-bond donors (Lipinski definition) is 0. The van der Waals surface area contributed by atoms with Crippen molar-refractivity contribution in [2.24, 2.45) is 11.8 Å². The summed E-state index contributed by atoms with van der Waals surface area (Å²) < 4.78 is 2.19. The largest absolute Gasteiger partial charge is 0.270 e. The number of nitrogens with zero attached hydrogens (tertiary/aromatic N) is 2. The van der Waals surface area contributed by atoms with Crippen molar-refractivity contribution in [3.05, 3.63) is 17.5 Å². The number of alkyl halides is 1. The molecule has 1 aromatic rings. The van der Waals surface area contributed by atoms with Crippen LogP contribution in [0.1, 0.15) is 45.0 Å². The van der Waals surface area contributed by atoms with Gasteiger partial charge in [-0.05, 0) is 50.5 Å². The van der Waals surface area contributed by atoms with Crippen molar-refractivity contribution in [3.8, 4) is 0 Å². The quantitative estimate of drug-likeness (QED) is 0.773. The zero-order valence-corrected chi connectivity index (χ0v) is 12.7. The Hall–Kier alpha value is -0.310. The van der Waals surface area contributed by atoms with E-state index in [1.54, 1.807) is 0 Å². The molecule has 0 spiro atoms. The third-order valence-electron chi connectivity index (χ3n) is 4.17. The van der Waals surface area contributed by atoms with Gasteiger partial charge in [0.25, 0.3) is 0 Å². The van der Waals surface area contributed by atoms with Crippen molar-refractivity contribution in [1.82, 2.24) is 9.78 Å². The van der Waals surface area contributed by atoms with E-state index in [4.69, 9.17) is 0 Å². The maximum Gasteiger partial charge on any atom is 0.0624 e. The molecular formula is C14H23BrN2. The molecule has 3 atom stereocenters. The van der Waals surface area contributed by atoms with Gasteiger partial charge < -0.3 is 0 Å². The Bertz CT molecular complexity index is 372. The standard InChI is InChI=1S/C14H23BrN2/c1-4-12-9-13(17(5-2)16-12)8-11-6-7-14(15)10(11)3/h9-11,14H,4-8H2,1-3H3. The zero-order valence-electron chi connectivity index (χ0n) is 11.1. The fourth-order valence-corrected chi connectivity index (χ4v) is 3.57. The molecule has 1 fully saturated rings. The molecule has 0 aromatic carbocycles. The zero-order chi connectivity index (χ0) is 12.4. The topological polar surface area (TPSA) is 17.8 Å². The SMILES string of the molecule is CCc1cc(CC2CCC(Br)C2C)n(CC)n1. The highest BCUT2D eigenvalue weighted by Gasteiger charge is 2.31. The molecule has 96 valence electrons. The molecule has 0 aliphatic heterocycles. The van der Waals surface area contributed by atoms with Crippen molar-refractivity contribution in [2.45, 2.75) is 57.8 Å². The number of hydrogen-bond acceptors (Lipinski definition) is 1. The average molecular weight is 299 g/mol. The fourth-order valence-electron chi connectivity index (χ4n) is 2.88. The predicted octanol–water partition coefficient (Wildman–Crippen LogP) is 3.82. The Morgan fingerprint density at radius 2 is 2.18 bits per heavy atom. The van der Waals surface area contributed by atoms with Gasteiger partial charge in [0.05, 0.1) is 5.69 Å². The lowest BCUT2D eigenvalue weighted by molar-refractivity contribution is 0.409. The summed E-state index contributed by atoms with van der Waals surface area (Å²) in [5, 5.41) is 4.64. The highest BCUT2D eigenvalue weighted by molar-refractivity contribution is 9.09. The Kier molecular flexibility index (Phi) is 4.29. The van der Waals surface area contributed by atoms with E-state index in [0.717, 1.165) is 29.6 Å². The molecule has 0 bridgehead atoms. The van der Waals surface area contributed by atoms with E-state index in [1.165, 1.54) is 30.7 Å². The van der Waals surface area contributed by atoms with E-state index in [1.807, 2.05) is 0 Å². The smallest absolute Gasteiger partial charge is 0.0624 e. The van der Waals surface area contributed by atoms with Crippen molar-refractivity contribution in [2.75, 3.05) is 0 Å². The summed E-state index contributed by atoms with van der Waals surface area (Å²) in [4.78, 5) is 0.719. The van der Waals surface area contributed by atoms with E-state index >= 15 is 0 Å². The molecule has 3 heteroatoms. The fraction of sp³-hybridized carbons (Fsp3) is 0.786. The predicted molar refractivity (Wildman–Crippen MR) is 75.6 cm³/mol. The maximum absolute atomic E-state index is 4.64. The van der Waals surface area contributed by atoms with Gasteiger partial charge >= 0.3 is 0 Å². The van der Waals surface area contributed by atoms with Crippen LogP contribution in [0.25, 0.3) is 0 Å². The van der Waals surface area contributed by atoms with Crippen LogP contribution in [0.2, 0.25) is 0 Å². The van der Waals surface area contributed by atoms with E-state index in [9.17, 15) is 0 Å². The molecule has 1 saturated carbocycles. The lowest BCUT2D eigenvalue weighted by atomic mass is 9.93. The summed E-state index contributed by atoms with van der Waals surface area (Å²) in [7, 11) is 0. The highest BCUT2D eigenvalue weighted by atomic mass is 79.9. The molecule has 0 N–H and O–H groups in total. The average Bonchev–Trinajstić information content (AvgIpc) is 2.87. The van der Waals surface area contributed by atoms with Gasteiger partial charge in [-0.15, -0.1) is 0 Å². The van der Waals surface area contributed by atoms with E-state index in [-0.39, 0.29) is 0 Å². The van der Waals surface area contributed by atoms with Crippen molar-refractivity contribution in [3.63, 3.8) is 0 Å². The second-order valence-electron chi connectivity index (χ2n) is 5.21. The second-order valence-corrected chi connectivity index (χ2v) is 6.39. The molecule has 0 saturated heterocycles. The van der Waals surface area contributed by atoms with Crippen molar-refractivity contribution >= 4 is 15.9 Å². The van der Waals surface area contributed by atoms with E-state index < -0.39 is 0 Å². The van der Waals surface area contributed by atoms with Crippen LogP contribution in [0.5, 0.6) is 0 Å². The van der Waals surface area contributed by atoms with Gasteiger partial charge in [-0.2, -0.15) is 5.10 Å². The van der Waals surface area contributed by atoms with Crippen LogP contribution in [-0.4, -0.2) is 14.6 Å². The Morgan fingerprint density at radius 3 is 2.71 bits per heavy atom. The lowest BCUT2D eigenvalue weighted by Gasteiger charge is -2.17. The first-order valence-electron chi connectivity index (χ1n) is 6.85. The number of aryl methyl sites for hydroxylation is 2. The molecule has 0 radical (unpaired) electrons. The highest BCUT2D eigenvalue weighted by Crippen LogP contribution is 2.38. The molecule has 3 unspecified atom stereocenters. The first-order chi connectivity index (χ1) is 8.15. The summed E-state index contributed by atoms with van der Waals surface area (Å²) in [5.74, 6) is 1.62. The van der Waals surface area contributed by atoms with Crippen LogP contribution in [0.15, 0.2) is 6.07 Å². The van der Waals surface area contributed by atoms with Gasteiger partial charge in [0, 0.05) is 17.1 Å². The molecule has 1 aliphatic rings. The number of rotatable bonds is 4. The normalized spacial score (nSPS) is 28.8. The minimum absolute atomic E-state index is 0.719. The molecule has 1 aliphatic carbocycles. The number of aromatic nitrogens is 2. The Balaban J connectivity index is 2.10. The first kappa shape index (κ1) is 13.1. The summed E-state index contributed by atoms with van der Waals surface area (Å²) in [6.45, 7) is 7.73. The Morgan fingerprint density at radius 1 is 1.41 bits per heavy atom. The third kappa shape index (κ3) is 2.75. The van der Waals surface area contributed by atoms with Crippen LogP contribution < -0.4 is 0 Å². The van der Waals surface area contributed by atoms with Crippen LogP contribution in [-0.2, 0) is 19.4 Å². The first-order valence-corrected chi connectivity index (χ1v) is 7.76. The minimum atomic E-state index is 0.719. The van der Waals surface area contributed by atoms with Crippen molar-refractivity contribution < 1.29 is 0 Å². The molecule has 1 aromatic heterocycles. The molecule has 2 rings (SSSR count). The van der Waals surface area contributed by atoms with Gasteiger partial charge in [-0.25, -0.2) is 0 Å². The molecule has 17 heavy (non-hydrogen) atoms. The molecular weight excluding hydrogens is 276 g/mol. The minimum Gasteiger partial charge on any atom is -0.270 e. The van der Waals surface area contributed by atoms with Gasteiger partial charge in [0.15, 0.2) is 0 Å². The maximum atomic E-state index is 4.64. The molecule has 1 heterocycles. The third-order valence-corrected chi connectivity index (χ3v) is 5.47. The van der Waals surface area contributed by atoms with Gasteiger partial charge in [-0.3, -0.25) is 4.68 Å². The van der Waals surface area contributed by atoms with Crippen LogP contribution in [0.3, 0.4) is 0 Å². The summed E-state index contributed by atoms with van der Waals surface area (Å²) >= 11 is 3.79. The Labute approximate surface area is 113 Å². The van der Waals surface area contributed by atoms with Gasteiger partial charge in [-0.1, -0.05) is 29.8 Å². The summed E-state index contributed by atoms with van der Waals surface area (Å²) in [5.41, 5.74) is 2.67. The van der Waals surface area contributed by atoms with Crippen LogP contribution in [0, 0.1) is 11.8 Å². The van der Waals surface area contributed by atoms with Crippen LogP contribution >= 0.6 is 15.9 Å². The monoisotopic (exact) mass is 298 g/mol. The van der Waals surface area contributed by atoms with E-state index in [0.29, 0.717) is 0 Å². The molecule has 2 nitrogen and oxygen atoms in total. The van der Waals surface area contributed by atoms with Gasteiger partial charge in [0.1, 0.15) is 0 Å². The summed E-state index contributed by atoms with van der Waals surface area (Å²) in [6, 6.07) is 2.30. The van der Waals surface area contributed by atoms with Crippen molar-refractivity contribution in [1.29, 1.82) is 0 Å². The summed E-state index contributed by atoms with van der Waals surface area (Å²) in [6.07, 6.45) is 4.92. The van der Waals surface area contributed by atoms with E-state index in [2.05, 4.69) is 52.5 Å². The lowest BCUT2D eigenvalue weighted by Crippen LogP contribution is -2.15. The van der Waals surface area contributed by atoms with Crippen LogP contribution in [0.4, 0.5) is 0 Å². The molecule has 0 amide bonds. The van der Waals surface area contributed by atoms with Gasteiger partial charge in [0.2, 0.25) is 0 Å². The second kappa shape index (κ2) is 5.55. The number of halogens is 1.